The number of H-pyrrole nitrogens is 1. The lowest BCUT2D eigenvalue weighted by atomic mass is 10.00. The van der Waals surface area contributed by atoms with Crippen LogP contribution >= 0.6 is 0 Å². The number of pyridine rings is 1. The molecule has 0 radical (unpaired) electrons. The molecule has 5 nitrogen and oxygen atoms in total. The lowest BCUT2D eigenvalue weighted by molar-refractivity contribution is 0.0842. The van der Waals surface area contributed by atoms with Crippen molar-refractivity contribution in [3.05, 3.63) is 34.2 Å². The van der Waals surface area contributed by atoms with Crippen molar-refractivity contribution in [1.29, 1.82) is 0 Å². The minimum absolute atomic E-state index is 0.147. The Bertz CT molecular complexity index is 421. The first kappa shape index (κ1) is 12.4. The maximum atomic E-state index is 11.7. The number of hydrogen-bond acceptors (Lipinski definition) is 3. The van der Waals surface area contributed by atoms with E-state index in [-0.39, 0.29) is 17.9 Å². The summed E-state index contributed by atoms with van der Waals surface area (Å²) in [6.45, 7) is 3.46. The molecule has 0 saturated heterocycles. The van der Waals surface area contributed by atoms with E-state index < -0.39 is 11.4 Å². The zero-order valence-corrected chi connectivity index (χ0v) is 9.41. The molecule has 0 bridgehead atoms. The number of amides is 1. The molecule has 0 fully saturated rings. The first-order chi connectivity index (χ1) is 7.50. The van der Waals surface area contributed by atoms with Gasteiger partial charge in [-0.15, -0.1) is 0 Å². The van der Waals surface area contributed by atoms with Gasteiger partial charge in [0.1, 0.15) is 5.69 Å². The van der Waals surface area contributed by atoms with E-state index >= 15 is 0 Å². The maximum absolute atomic E-state index is 11.7. The molecule has 0 aromatic carbocycles. The fourth-order valence-corrected chi connectivity index (χ4v) is 1.16. The van der Waals surface area contributed by atoms with Crippen LogP contribution in [0.3, 0.4) is 0 Å². The monoisotopic (exact) mass is 224 g/mol. The van der Waals surface area contributed by atoms with Gasteiger partial charge in [-0.3, -0.25) is 9.59 Å². The minimum atomic E-state index is -0.663. The second-order valence-corrected chi connectivity index (χ2v) is 3.96. The number of aliphatic hydroxyl groups is 1. The Labute approximate surface area is 93.5 Å². The maximum Gasteiger partial charge on any atom is 0.268 e. The third-order valence-electron chi connectivity index (χ3n) is 2.56. The van der Waals surface area contributed by atoms with Crippen molar-refractivity contribution in [2.45, 2.75) is 25.8 Å². The number of carbonyl (C=O) groups excluding carboxylic acids is 1. The minimum Gasteiger partial charge on any atom is -0.394 e. The highest BCUT2D eigenvalue weighted by molar-refractivity contribution is 5.92. The van der Waals surface area contributed by atoms with Gasteiger partial charge in [-0.1, -0.05) is 13.0 Å². The first-order valence-electron chi connectivity index (χ1n) is 5.13. The normalized spacial score (nSPS) is 14.2. The van der Waals surface area contributed by atoms with E-state index in [1.54, 1.807) is 6.92 Å². The van der Waals surface area contributed by atoms with Crippen LogP contribution in [-0.2, 0) is 0 Å². The van der Waals surface area contributed by atoms with Crippen LogP contribution in [0.1, 0.15) is 30.8 Å². The summed E-state index contributed by atoms with van der Waals surface area (Å²) in [6, 6.07) is 4.36. The zero-order chi connectivity index (χ0) is 12.2. The van der Waals surface area contributed by atoms with E-state index in [0.29, 0.717) is 6.42 Å². The predicted octanol–water partition coefficient (Wildman–Crippen LogP) is 0.266. The Hall–Kier alpha value is -1.62. The average molecular weight is 224 g/mol. The SMILES string of the molecule is CCC(C)(CO)NC(=O)c1cccc(=O)[nH]1. The van der Waals surface area contributed by atoms with Crippen LogP contribution in [0, 0.1) is 0 Å². The van der Waals surface area contributed by atoms with Gasteiger partial charge in [-0.05, 0) is 19.4 Å². The van der Waals surface area contributed by atoms with Gasteiger partial charge in [0.25, 0.3) is 5.91 Å². The number of hydrogen-bond donors (Lipinski definition) is 3. The first-order valence-corrected chi connectivity index (χ1v) is 5.13. The topological polar surface area (TPSA) is 82.2 Å². The second-order valence-electron chi connectivity index (χ2n) is 3.96. The number of aromatic amines is 1. The van der Waals surface area contributed by atoms with Gasteiger partial charge >= 0.3 is 0 Å². The summed E-state index contributed by atoms with van der Waals surface area (Å²) in [5, 5.41) is 11.8. The van der Waals surface area contributed by atoms with Gasteiger partial charge in [0.15, 0.2) is 0 Å². The Kier molecular flexibility index (Phi) is 3.84. The predicted molar refractivity (Wildman–Crippen MR) is 60.3 cm³/mol. The smallest absolute Gasteiger partial charge is 0.268 e. The van der Waals surface area contributed by atoms with Gasteiger partial charge in [0.05, 0.1) is 12.1 Å². The molecule has 1 atom stereocenters. The highest BCUT2D eigenvalue weighted by atomic mass is 16.3. The van der Waals surface area contributed by atoms with Crippen molar-refractivity contribution < 1.29 is 9.90 Å². The summed E-state index contributed by atoms with van der Waals surface area (Å²) in [4.78, 5) is 25.2. The molecule has 0 spiro atoms. The Balaban J connectivity index is 2.84. The van der Waals surface area contributed by atoms with E-state index in [1.807, 2.05) is 6.92 Å². The quantitative estimate of drug-likeness (QED) is 0.686. The van der Waals surface area contributed by atoms with Crippen LogP contribution in [0.2, 0.25) is 0 Å². The molecule has 88 valence electrons. The van der Waals surface area contributed by atoms with Crippen LogP contribution in [0.5, 0.6) is 0 Å². The fraction of sp³-hybridized carbons (Fsp3) is 0.455. The van der Waals surface area contributed by atoms with Crippen LogP contribution in [0.15, 0.2) is 23.0 Å². The standard InChI is InChI=1S/C11H16N2O3/c1-3-11(2,7-14)13-10(16)8-5-4-6-9(15)12-8/h4-6,14H,3,7H2,1-2H3,(H,12,15)(H,13,16). The van der Waals surface area contributed by atoms with E-state index in [1.165, 1.54) is 18.2 Å². The molecule has 3 N–H and O–H groups in total. The van der Waals surface area contributed by atoms with Crippen molar-refractivity contribution >= 4 is 5.91 Å². The van der Waals surface area contributed by atoms with E-state index in [2.05, 4.69) is 10.3 Å². The lowest BCUT2D eigenvalue weighted by Crippen LogP contribution is -2.48. The Morgan fingerprint density at radius 3 is 2.75 bits per heavy atom. The molecule has 0 aliphatic rings. The number of nitrogens with one attached hydrogen (secondary N) is 2. The molecule has 5 heteroatoms. The van der Waals surface area contributed by atoms with Crippen molar-refractivity contribution in [3.63, 3.8) is 0 Å². The van der Waals surface area contributed by atoms with Crippen LogP contribution in [0.4, 0.5) is 0 Å². The van der Waals surface area contributed by atoms with Crippen LogP contribution in [0.25, 0.3) is 0 Å². The van der Waals surface area contributed by atoms with Crippen molar-refractivity contribution in [1.82, 2.24) is 10.3 Å². The fourth-order valence-electron chi connectivity index (χ4n) is 1.16. The summed E-state index contributed by atoms with van der Waals surface area (Å²) in [7, 11) is 0. The number of rotatable bonds is 4. The molecule has 1 amide bonds. The highest BCUT2D eigenvalue weighted by Crippen LogP contribution is 2.08. The van der Waals surface area contributed by atoms with Gasteiger partial charge in [0.2, 0.25) is 5.56 Å². The molecule has 1 rings (SSSR count). The van der Waals surface area contributed by atoms with Gasteiger partial charge in [0, 0.05) is 6.07 Å². The number of carbonyl (C=O) groups is 1. The summed E-state index contributed by atoms with van der Waals surface area (Å²) in [5.41, 5.74) is -0.792. The van der Waals surface area contributed by atoms with Gasteiger partial charge in [-0.2, -0.15) is 0 Å². The molecule has 16 heavy (non-hydrogen) atoms. The molecular formula is C11H16N2O3. The molecular weight excluding hydrogens is 208 g/mol. The largest absolute Gasteiger partial charge is 0.394 e. The summed E-state index contributed by atoms with van der Waals surface area (Å²) in [5.74, 6) is -0.392. The second kappa shape index (κ2) is 4.94. The van der Waals surface area contributed by atoms with Crippen molar-refractivity contribution in [2.75, 3.05) is 6.61 Å². The molecule has 0 aliphatic heterocycles. The van der Waals surface area contributed by atoms with E-state index in [0.717, 1.165) is 0 Å². The highest BCUT2D eigenvalue weighted by Gasteiger charge is 2.23. The molecule has 0 aliphatic carbocycles. The average Bonchev–Trinajstić information content (AvgIpc) is 2.29. The van der Waals surface area contributed by atoms with Crippen molar-refractivity contribution in [2.24, 2.45) is 0 Å². The van der Waals surface area contributed by atoms with E-state index in [9.17, 15) is 9.59 Å². The van der Waals surface area contributed by atoms with Crippen molar-refractivity contribution in [3.8, 4) is 0 Å². The van der Waals surface area contributed by atoms with Crippen LogP contribution < -0.4 is 10.9 Å². The third-order valence-corrected chi connectivity index (χ3v) is 2.56. The molecule has 1 heterocycles. The molecule has 1 aromatic rings. The zero-order valence-electron chi connectivity index (χ0n) is 9.41. The summed E-state index contributed by atoms with van der Waals surface area (Å²) in [6.07, 6.45) is 0.603. The van der Waals surface area contributed by atoms with Gasteiger partial charge in [-0.25, -0.2) is 0 Å². The van der Waals surface area contributed by atoms with Crippen LogP contribution in [-0.4, -0.2) is 28.1 Å². The lowest BCUT2D eigenvalue weighted by Gasteiger charge is -2.26. The molecule has 0 saturated carbocycles. The third kappa shape index (κ3) is 2.93. The number of aliphatic hydroxyl groups excluding tert-OH is 1. The number of aromatic nitrogens is 1. The Morgan fingerprint density at radius 1 is 1.56 bits per heavy atom. The Morgan fingerprint density at radius 2 is 2.25 bits per heavy atom. The van der Waals surface area contributed by atoms with Gasteiger partial charge < -0.3 is 15.4 Å². The molecule has 1 unspecified atom stereocenters. The summed E-state index contributed by atoms with van der Waals surface area (Å²) >= 11 is 0. The summed E-state index contributed by atoms with van der Waals surface area (Å²) < 4.78 is 0. The molecule has 1 aromatic heterocycles. The van der Waals surface area contributed by atoms with E-state index in [4.69, 9.17) is 5.11 Å².